The van der Waals surface area contributed by atoms with Gasteiger partial charge in [0.1, 0.15) is 0 Å². The summed E-state index contributed by atoms with van der Waals surface area (Å²) < 4.78 is 26.6. The van der Waals surface area contributed by atoms with Crippen molar-refractivity contribution in [2.75, 3.05) is 6.54 Å². The Labute approximate surface area is 126 Å². The van der Waals surface area contributed by atoms with Gasteiger partial charge < -0.3 is 0 Å². The molecule has 0 heterocycles. The van der Waals surface area contributed by atoms with Gasteiger partial charge in [0.05, 0.1) is 5.75 Å². The third-order valence-corrected chi connectivity index (χ3v) is 5.03. The summed E-state index contributed by atoms with van der Waals surface area (Å²) in [6.45, 7) is 0.488. The molecule has 20 heavy (non-hydrogen) atoms. The first-order chi connectivity index (χ1) is 9.55. The van der Waals surface area contributed by atoms with Crippen molar-refractivity contribution in [1.29, 1.82) is 0 Å². The summed E-state index contributed by atoms with van der Waals surface area (Å²) in [5.74, 6) is 0.00319. The lowest BCUT2D eigenvalue weighted by atomic mass is 9.97. The molecule has 1 aromatic rings. The SMILES string of the molecule is O=S(=O)(Cc1ccc(Cl)cc1)NCCC1=CCCCC1. The molecule has 0 spiro atoms. The van der Waals surface area contributed by atoms with Crippen LogP contribution in [0.25, 0.3) is 0 Å². The minimum atomic E-state index is -3.27. The van der Waals surface area contributed by atoms with Crippen LogP contribution in [0.15, 0.2) is 35.9 Å². The standard InChI is InChI=1S/C15H20ClNO2S/c16-15-8-6-14(7-9-15)12-20(18,19)17-11-10-13-4-2-1-3-5-13/h4,6-9,17H,1-3,5,10-12H2. The Morgan fingerprint density at radius 1 is 1.15 bits per heavy atom. The van der Waals surface area contributed by atoms with Gasteiger partial charge >= 0.3 is 0 Å². The second kappa shape index (κ2) is 7.25. The summed E-state index contributed by atoms with van der Waals surface area (Å²) in [7, 11) is -3.27. The minimum Gasteiger partial charge on any atom is -0.215 e. The van der Waals surface area contributed by atoms with Crippen LogP contribution in [-0.2, 0) is 15.8 Å². The van der Waals surface area contributed by atoms with Gasteiger partial charge in [-0.15, -0.1) is 0 Å². The largest absolute Gasteiger partial charge is 0.215 e. The number of halogens is 1. The predicted molar refractivity (Wildman–Crippen MR) is 83.2 cm³/mol. The van der Waals surface area contributed by atoms with Crippen molar-refractivity contribution < 1.29 is 8.42 Å². The highest BCUT2D eigenvalue weighted by molar-refractivity contribution is 7.88. The van der Waals surface area contributed by atoms with Crippen molar-refractivity contribution in [2.45, 2.75) is 37.9 Å². The molecule has 1 N–H and O–H groups in total. The van der Waals surface area contributed by atoms with Crippen LogP contribution >= 0.6 is 11.6 Å². The summed E-state index contributed by atoms with van der Waals surface area (Å²) in [6.07, 6.45) is 7.79. The Kier molecular flexibility index (Phi) is 5.64. The van der Waals surface area contributed by atoms with Gasteiger partial charge in [-0.3, -0.25) is 0 Å². The third-order valence-electron chi connectivity index (χ3n) is 3.42. The maximum atomic E-state index is 12.0. The first kappa shape index (κ1) is 15.5. The Morgan fingerprint density at radius 2 is 1.90 bits per heavy atom. The second-order valence-electron chi connectivity index (χ2n) is 5.14. The Bertz CT molecular complexity index is 564. The molecule has 0 fully saturated rings. The van der Waals surface area contributed by atoms with Crippen LogP contribution < -0.4 is 4.72 Å². The van der Waals surface area contributed by atoms with Crippen molar-refractivity contribution >= 4 is 21.6 Å². The molecule has 0 bridgehead atoms. The number of rotatable bonds is 6. The Balaban J connectivity index is 1.81. The van der Waals surface area contributed by atoms with Crippen LogP contribution in [0.1, 0.15) is 37.7 Å². The average Bonchev–Trinajstić information content (AvgIpc) is 2.42. The van der Waals surface area contributed by atoms with E-state index < -0.39 is 10.0 Å². The first-order valence-electron chi connectivity index (χ1n) is 6.95. The summed E-state index contributed by atoms with van der Waals surface area (Å²) >= 11 is 5.78. The van der Waals surface area contributed by atoms with E-state index in [-0.39, 0.29) is 5.75 Å². The van der Waals surface area contributed by atoms with E-state index in [0.717, 1.165) is 24.8 Å². The molecule has 0 atom stereocenters. The first-order valence-corrected chi connectivity index (χ1v) is 8.98. The van der Waals surface area contributed by atoms with Crippen LogP contribution in [0, 0.1) is 0 Å². The fraction of sp³-hybridized carbons (Fsp3) is 0.467. The number of nitrogens with one attached hydrogen (secondary N) is 1. The zero-order valence-electron chi connectivity index (χ0n) is 11.4. The molecule has 0 unspecified atom stereocenters. The van der Waals surface area contributed by atoms with Gasteiger partial charge in [0.25, 0.3) is 0 Å². The van der Waals surface area contributed by atoms with Crippen molar-refractivity contribution in [3.63, 3.8) is 0 Å². The lowest BCUT2D eigenvalue weighted by molar-refractivity contribution is 0.578. The van der Waals surface area contributed by atoms with E-state index in [1.54, 1.807) is 24.3 Å². The highest BCUT2D eigenvalue weighted by Gasteiger charge is 2.11. The lowest BCUT2D eigenvalue weighted by Crippen LogP contribution is -2.26. The molecule has 0 saturated heterocycles. The minimum absolute atomic E-state index is 0.00319. The smallest absolute Gasteiger partial charge is 0.215 e. The van der Waals surface area contributed by atoms with E-state index in [4.69, 9.17) is 11.6 Å². The molecular formula is C15H20ClNO2S. The maximum Gasteiger partial charge on any atom is 0.215 e. The molecule has 0 aromatic heterocycles. The summed E-state index contributed by atoms with van der Waals surface area (Å²) in [4.78, 5) is 0. The number of hydrogen-bond donors (Lipinski definition) is 1. The fourth-order valence-electron chi connectivity index (χ4n) is 2.35. The normalized spacial score (nSPS) is 15.9. The number of sulfonamides is 1. The Hall–Kier alpha value is -0.840. The van der Waals surface area contributed by atoms with Gasteiger partial charge in [-0.1, -0.05) is 35.4 Å². The fourth-order valence-corrected chi connectivity index (χ4v) is 3.62. The van der Waals surface area contributed by atoms with Gasteiger partial charge in [0, 0.05) is 11.6 Å². The summed E-state index contributed by atoms with van der Waals surface area (Å²) in [6, 6.07) is 6.90. The van der Waals surface area contributed by atoms with E-state index in [9.17, 15) is 8.42 Å². The summed E-state index contributed by atoms with van der Waals surface area (Å²) in [5.41, 5.74) is 2.13. The maximum absolute atomic E-state index is 12.0. The quantitative estimate of drug-likeness (QED) is 0.815. The summed E-state index contributed by atoms with van der Waals surface area (Å²) in [5, 5.41) is 0.614. The molecule has 5 heteroatoms. The van der Waals surface area contributed by atoms with Crippen LogP contribution in [0.2, 0.25) is 5.02 Å². The molecule has 0 saturated carbocycles. The van der Waals surface area contributed by atoms with Crippen molar-refractivity contribution in [3.8, 4) is 0 Å². The van der Waals surface area contributed by atoms with Crippen molar-refractivity contribution in [3.05, 3.63) is 46.5 Å². The van der Waals surface area contributed by atoms with E-state index >= 15 is 0 Å². The molecule has 3 nitrogen and oxygen atoms in total. The van der Waals surface area contributed by atoms with Crippen LogP contribution in [-0.4, -0.2) is 15.0 Å². The molecule has 0 aliphatic heterocycles. The molecule has 0 amide bonds. The van der Waals surface area contributed by atoms with E-state index in [2.05, 4.69) is 10.8 Å². The highest BCUT2D eigenvalue weighted by Crippen LogP contribution is 2.19. The van der Waals surface area contributed by atoms with Crippen molar-refractivity contribution in [2.24, 2.45) is 0 Å². The number of allylic oxidation sites excluding steroid dienone is 1. The van der Waals surface area contributed by atoms with Gasteiger partial charge in [0.2, 0.25) is 10.0 Å². The molecule has 1 aromatic carbocycles. The zero-order valence-corrected chi connectivity index (χ0v) is 13.0. The van der Waals surface area contributed by atoms with E-state index in [0.29, 0.717) is 11.6 Å². The molecule has 110 valence electrons. The van der Waals surface area contributed by atoms with E-state index in [1.165, 1.54) is 18.4 Å². The number of hydrogen-bond acceptors (Lipinski definition) is 2. The van der Waals surface area contributed by atoms with Crippen molar-refractivity contribution in [1.82, 2.24) is 4.72 Å². The molecule has 2 rings (SSSR count). The monoisotopic (exact) mass is 313 g/mol. The highest BCUT2D eigenvalue weighted by atomic mass is 35.5. The van der Waals surface area contributed by atoms with Gasteiger partial charge in [-0.05, 0) is 49.8 Å². The Morgan fingerprint density at radius 3 is 2.55 bits per heavy atom. The number of benzene rings is 1. The molecular weight excluding hydrogens is 294 g/mol. The van der Waals surface area contributed by atoms with Crippen LogP contribution in [0.4, 0.5) is 0 Å². The average molecular weight is 314 g/mol. The molecule has 0 radical (unpaired) electrons. The molecule has 1 aliphatic rings. The van der Waals surface area contributed by atoms with Gasteiger partial charge in [-0.2, -0.15) is 0 Å². The third kappa shape index (κ3) is 5.27. The van der Waals surface area contributed by atoms with Gasteiger partial charge in [0.15, 0.2) is 0 Å². The van der Waals surface area contributed by atoms with Crippen LogP contribution in [0.3, 0.4) is 0 Å². The predicted octanol–water partition coefficient (Wildman–Crippen LogP) is 3.65. The lowest BCUT2D eigenvalue weighted by Gasteiger charge is -2.13. The topological polar surface area (TPSA) is 46.2 Å². The molecule has 1 aliphatic carbocycles. The van der Waals surface area contributed by atoms with Gasteiger partial charge in [-0.25, -0.2) is 13.1 Å². The second-order valence-corrected chi connectivity index (χ2v) is 7.38. The van der Waals surface area contributed by atoms with Crippen LogP contribution in [0.5, 0.6) is 0 Å². The van der Waals surface area contributed by atoms with E-state index in [1.807, 2.05) is 0 Å². The zero-order chi connectivity index (χ0) is 14.4.